The Morgan fingerprint density at radius 2 is 1.81 bits per heavy atom. The predicted molar refractivity (Wildman–Crippen MR) is 120 cm³/mol. The van der Waals surface area contributed by atoms with Gasteiger partial charge in [0, 0.05) is 41.7 Å². The lowest BCUT2D eigenvalue weighted by molar-refractivity contribution is -0.151. The minimum atomic E-state index is -0.604. The normalized spacial score (nSPS) is 24.3. The summed E-state index contributed by atoms with van der Waals surface area (Å²) >= 11 is 0. The lowest BCUT2D eigenvalue weighted by Crippen LogP contribution is -2.39. The maximum absolute atomic E-state index is 13.5. The first-order chi connectivity index (χ1) is 15.0. The second-order valence-corrected chi connectivity index (χ2v) is 8.44. The Morgan fingerprint density at radius 3 is 2.48 bits per heavy atom. The summed E-state index contributed by atoms with van der Waals surface area (Å²) in [6.07, 6.45) is 5.07. The summed E-state index contributed by atoms with van der Waals surface area (Å²) < 4.78 is 5.70. The molecule has 0 fully saturated rings. The highest BCUT2D eigenvalue weighted by molar-refractivity contribution is 6.09. The molecule has 1 aromatic heterocycles. The molecule has 2 aromatic rings. The summed E-state index contributed by atoms with van der Waals surface area (Å²) in [7, 11) is 0. The van der Waals surface area contributed by atoms with E-state index in [1.807, 2.05) is 51.1 Å². The molecule has 4 rings (SSSR count). The molecule has 0 spiro atoms. The summed E-state index contributed by atoms with van der Waals surface area (Å²) in [5.41, 5.74) is 4.21. The Labute approximate surface area is 183 Å². The SMILES string of the molecule is CC[C@H](C)OC(=O)C1C(C)=NC2=C(C(=O)C[C@H](c3ccccc3)C2)[C@@H]1c1ccncc1. The molecule has 31 heavy (non-hydrogen) atoms. The van der Waals surface area contributed by atoms with E-state index in [-0.39, 0.29) is 23.8 Å². The molecule has 1 aliphatic heterocycles. The van der Waals surface area contributed by atoms with Gasteiger partial charge in [-0.25, -0.2) is 0 Å². The van der Waals surface area contributed by atoms with Gasteiger partial charge in [-0.1, -0.05) is 37.3 Å². The Balaban J connectivity index is 1.76. The summed E-state index contributed by atoms with van der Waals surface area (Å²) in [6, 6.07) is 13.9. The zero-order valence-corrected chi connectivity index (χ0v) is 18.2. The van der Waals surface area contributed by atoms with Gasteiger partial charge in [-0.3, -0.25) is 19.6 Å². The quantitative estimate of drug-likeness (QED) is 0.644. The number of carbonyl (C=O) groups is 2. The molecule has 5 heteroatoms. The number of Topliss-reactive ketones (excluding diaryl/α,β-unsaturated/α-hetero) is 1. The highest BCUT2D eigenvalue weighted by Crippen LogP contribution is 2.46. The number of aromatic nitrogens is 1. The maximum atomic E-state index is 13.5. The smallest absolute Gasteiger partial charge is 0.315 e. The minimum absolute atomic E-state index is 0.0644. The van der Waals surface area contributed by atoms with Gasteiger partial charge in [-0.15, -0.1) is 0 Å². The van der Waals surface area contributed by atoms with Gasteiger partial charge < -0.3 is 4.74 Å². The van der Waals surface area contributed by atoms with Crippen molar-refractivity contribution >= 4 is 17.5 Å². The van der Waals surface area contributed by atoms with Crippen molar-refractivity contribution in [3.63, 3.8) is 0 Å². The van der Waals surface area contributed by atoms with Gasteiger partial charge in [-0.05, 0) is 55.9 Å². The number of nitrogens with zero attached hydrogens (tertiary/aromatic N) is 2. The van der Waals surface area contributed by atoms with Crippen LogP contribution in [0.25, 0.3) is 0 Å². The Hall–Kier alpha value is -3.08. The highest BCUT2D eigenvalue weighted by Gasteiger charge is 2.44. The molecule has 0 bridgehead atoms. The number of hydrogen-bond donors (Lipinski definition) is 0. The van der Waals surface area contributed by atoms with E-state index in [0.29, 0.717) is 24.1 Å². The number of hydrogen-bond acceptors (Lipinski definition) is 5. The lowest BCUT2D eigenvalue weighted by atomic mass is 9.69. The summed E-state index contributed by atoms with van der Waals surface area (Å²) in [5.74, 6) is -1.15. The van der Waals surface area contributed by atoms with Gasteiger partial charge in [0.25, 0.3) is 0 Å². The number of esters is 1. The molecule has 0 radical (unpaired) electrons. The second kappa shape index (κ2) is 8.96. The third-order valence-electron chi connectivity index (χ3n) is 6.37. The van der Waals surface area contributed by atoms with Crippen molar-refractivity contribution in [2.75, 3.05) is 0 Å². The van der Waals surface area contributed by atoms with Gasteiger partial charge >= 0.3 is 5.97 Å². The molecule has 1 aliphatic carbocycles. The number of ketones is 1. The first-order valence-corrected chi connectivity index (χ1v) is 11.0. The van der Waals surface area contributed by atoms with Crippen LogP contribution < -0.4 is 0 Å². The van der Waals surface area contributed by atoms with E-state index >= 15 is 0 Å². The molecule has 1 unspecified atom stereocenters. The van der Waals surface area contributed by atoms with E-state index in [1.165, 1.54) is 0 Å². The first kappa shape index (κ1) is 21.2. The number of carbonyl (C=O) groups excluding carboxylic acids is 2. The molecule has 2 aliphatic rings. The zero-order chi connectivity index (χ0) is 22.0. The van der Waals surface area contributed by atoms with E-state index in [9.17, 15) is 9.59 Å². The zero-order valence-electron chi connectivity index (χ0n) is 18.2. The molecular formula is C26H28N2O3. The van der Waals surface area contributed by atoms with Crippen LogP contribution in [-0.2, 0) is 14.3 Å². The van der Waals surface area contributed by atoms with Crippen LogP contribution in [0.4, 0.5) is 0 Å². The van der Waals surface area contributed by atoms with Crippen molar-refractivity contribution in [3.8, 4) is 0 Å². The number of benzene rings is 1. The van der Waals surface area contributed by atoms with Crippen LogP contribution in [0.2, 0.25) is 0 Å². The van der Waals surface area contributed by atoms with Gasteiger partial charge in [0.15, 0.2) is 5.78 Å². The standard InChI is InChI=1S/C26H28N2O3/c1-4-16(2)31-26(30)23-17(3)28-21-14-20(18-8-6-5-7-9-18)15-22(29)25(21)24(23)19-10-12-27-13-11-19/h5-13,16,20,23-24H,4,14-15H2,1-3H3/t16-,20+,23?,24+/m0/s1. The highest BCUT2D eigenvalue weighted by atomic mass is 16.5. The molecule has 0 saturated carbocycles. The van der Waals surface area contributed by atoms with E-state index in [4.69, 9.17) is 9.73 Å². The van der Waals surface area contributed by atoms with Crippen molar-refractivity contribution in [1.82, 2.24) is 4.98 Å². The van der Waals surface area contributed by atoms with Crippen LogP contribution in [-0.4, -0.2) is 28.6 Å². The fraction of sp³-hybridized carbons (Fsp3) is 0.385. The van der Waals surface area contributed by atoms with E-state index in [0.717, 1.165) is 23.2 Å². The molecule has 2 heterocycles. The molecule has 0 N–H and O–H groups in total. The van der Waals surface area contributed by atoms with Crippen molar-refractivity contribution < 1.29 is 14.3 Å². The summed E-state index contributed by atoms with van der Waals surface area (Å²) in [4.78, 5) is 35.5. The maximum Gasteiger partial charge on any atom is 0.315 e. The lowest BCUT2D eigenvalue weighted by Gasteiger charge is -2.36. The molecule has 0 saturated heterocycles. The van der Waals surface area contributed by atoms with Crippen molar-refractivity contribution in [1.29, 1.82) is 0 Å². The van der Waals surface area contributed by atoms with Crippen molar-refractivity contribution in [2.45, 2.75) is 58.0 Å². The van der Waals surface area contributed by atoms with Crippen LogP contribution in [0.1, 0.15) is 63.0 Å². The molecule has 160 valence electrons. The fourth-order valence-electron chi connectivity index (χ4n) is 4.61. The Kier molecular flexibility index (Phi) is 6.12. The molecule has 0 amide bonds. The summed E-state index contributed by atoms with van der Waals surface area (Å²) in [6.45, 7) is 5.74. The van der Waals surface area contributed by atoms with Crippen LogP contribution in [0.3, 0.4) is 0 Å². The molecule has 1 aromatic carbocycles. The van der Waals surface area contributed by atoms with E-state index in [1.54, 1.807) is 12.4 Å². The number of rotatable bonds is 5. The second-order valence-electron chi connectivity index (χ2n) is 8.44. The average Bonchev–Trinajstić information content (AvgIpc) is 2.79. The molecule has 4 atom stereocenters. The summed E-state index contributed by atoms with van der Waals surface area (Å²) in [5, 5.41) is 0. The van der Waals surface area contributed by atoms with Crippen LogP contribution in [0, 0.1) is 5.92 Å². The van der Waals surface area contributed by atoms with Gasteiger partial charge in [0.2, 0.25) is 0 Å². The first-order valence-electron chi connectivity index (χ1n) is 11.0. The average molecular weight is 417 g/mol. The predicted octanol–water partition coefficient (Wildman–Crippen LogP) is 5.00. The number of allylic oxidation sites excluding steroid dienone is 2. The van der Waals surface area contributed by atoms with Crippen molar-refractivity contribution in [2.24, 2.45) is 10.9 Å². The number of ether oxygens (including phenoxy) is 1. The largest absolute Gasteiger partial charge is 0.462 e. The van der Waals surface area contributed by atoms with E-state index < -0.39 is 11.8 Å². The number of pyridine rings is 1. The molecule has 5 nitrogen and oxygen atoms in total. The van der Waals surface area contributed by atoms with Gasteiger partial charge in [0.1, 0.15) is 5.92 Å². The van der Waals surface area contributed by atoms with Gasteiger partial charge in [-0.2, -0.15) is 0 Å². The third-order valence-corrected chi connectivity index (χ3v) is 6.37. The minimum Gasteiger partial charge on any atom is -0.462 e. The van der Waals surface area contributed by atoms with Crippen LogP contribution in [0.15, 0.2) is 71.1 Å². The van der Waals surface area contributed by atoms with Crippen LogP contribution in [0.5, 0.6) is 0 Å². The Bertz CT molecular complexity index is 1030. The van der Waals surface area contributed by atoms with E-state index in [2.05, 4.69) is 17.1 Å². The van der Waals surface area contributed by atoms with Crippen molar-refractivity contribution in [3.05, 3.63) is 77.3 Å². The fourth-order valence-corrected chi connectivity index (χ4v) is 4.61. The topological polar surface area (TPSA) is 68.6 Å². The van der Waals surface area contributed by atoms with Gasteiger partial charge in [0.05, 0.1) is 6.10 Å². The third kappa shape index (κ3) is 4.22. The Morgan fingerprint density at radius 1 is 1.10 bits per heavy atom. The number of aliphatic imine (C=N–C) groups is 1. The monoisotopic (exact) mass is 416 g/mol. The van der Waals surface area contributed by atoms with Crippen LogP contribution >= 0.6 is 0 Å². The molecular weight excluding hydrogens is 388 g/mol.